The fourth-order valence-corrected chi connectivity index (χ4v) is 1.51. The maximum Gasteiger partial charge on any atom is 0.344 e. The zero-order valence-corrected chi connectivity index (χ0v) is 12.7. The van der Waals surface area contributed by atoms with Crippen LogP contribution in [0.1, 0.15) is 0 Å². The van der Waals surface area contributed by atoms with Gasteiger partial charge in [-0.25, -0.2) is 9.59 Å². The topological polar surface area (TPSA) is 52.6 Å². The summed E-state index contributed by atoms with van der Waals surface area (Å²) in [6.45, 7) is 0. The van der Waals surface area contributed by atoms with E-state index in [4.69, 9.17) is 34.8 Å². The number of hydrogen-bond donors (Lipinski definition) is 0. The Hall–Kier alpha value is -0.230. The highest BCUT2D eigenvalue weighted by Crippen LogP contribution is 2.30. The van der Waals surface area contributed by atoms with Crippen molar-refractivity contribution in [2.75, 3.05) is 14.2 Å². The van der Waals surface area contributed by atoms with Gasteiger partial charge < -0.3 is 9.47 Å². The van der Waals surface area contributed by atoms with E-state index in [1.807, 2.05) is 0 Å². The SMILES string of the molecule is COC(=O)/C(Br)=C/C(=C\C(Cl)(Cl)Cl)C(=O)OC. The van der Waals surface area contributed by atoms with Crippen LogP contribution in [-0.4, -0.2) is 30.0 Å². The van der Waals surface area contributed by atoms with E-state index < -0.39 is 15.7 Å². The van der Waals surface area contributed by atoms with E-state index in [2.05, 4.69) is 25.4 Å². The van der Waals surface area contributed by atoms with Crippen LogP contribution in [0.15, 0.2) is 22.2 Å². The summed E-state index contributed by atoms with van der Waals surface area (Å²) in [6, 6.07) is 0. The van der Waals surface area contributed by atoms with Gasteiger partial charge in [-0.3, -0.25) is 0 Å². The molecule has 0 unspecified atom stereocenters. The van der Waals surface area contributed by atoms with Crippen molar-refractivity contribution in [2.45, 2.75) is 3.79 Å². The van der Waals surface area contributed by atoms with Gasteiger partial charge in [-0.15, -0.1) is 0 Å². The lowest BCUT2D eigenvalue weighted by Gasteiger charge is -2.07. The second-order valence-corrected chi connectivity index (χ2v) is 5.84. The minimum atomic E-state index is -1.79. The number of ether oxygens (including phenoxy) is 2. The number of rotatable bonds is 3. The van der Waals surface area contributed by atoms with Crippen LogP contribution >= 0.6 is 50.7 Å². The summed E-state index contributed by atoms with van der Waals surface area (Å²) in [7, 11) is 2.35. The average molecular weight is 366 g/mol. The molecule has 0 aromatic heterocycles. The standard InChI is InChI=1S/C9H8BrCl3O4/c1-16-7(14)5(4-9(11,12)13)3-6(10)8(15)17-2/h3-4H,1-2H3/b5-4+,6-3-. The van der Waals surface area contributed by atoms with Crippen molar-refractivity contribution in [3.8, 4) is 0 Å². The maximum atomic E-state index is 11.4. The molecule has 0 aliphatic heterocycles. The zero-order chi connectivity index (χ0) is 13.6. The third-order valence-electron chi connectivity index (χ3n) is 1.40. The minimum Gasteiger partial charge on any atom is -0.465 e. The largest absolute Gasteiger partial charge is 0.465 e. The normalized spacial score (nSPS) is 13.3. The molecule has 0 aromatic rings. The van der Waals surface area contributed by atoms with Crippen molar-refractivity contribution >= 4 is 62.7 Å². The van der Waals surface area contributed by atoms with Crippen molar-refractivity contribution in [2.24, 2.45) is 0 Å². The van der Waals surface area contributed by atoms with Gasteiger partial charge in [0.25, 0.3) is 0 Å². The summed E-state index contributed by atoms with van der Waals surface area (Å²) in [6.07, 6.45) is 2.16. The maximum absolute atomic E-state index is 11.4. The summed E-state index contributed by atoms with van der Waals surface area (Å²) < 4.78 is 7.10. The first-order valence-corrected chi connectivity index (χ1v) is 5.97. The van der Waals surface area contributed by atoms with Crippen molar-refractivity contribution in [1.82, 2.24) is 0 Å². The lowest BCUT2D eigenvalue weighted by Crippen LogP contribution is -2.09. The number of halogens is 4. The van der Waals surface area contributed by atoms with Crippen molar-refractivity contribution in [3.05, 3.63) is 22.2 Å². The minimum absolute atomic E-state index is 0.00843. The number of carbonyl (C=O) groups excluding carboxylic acids is 2. The van der Waals surface area contributed by atoms with Crippen LogP contribution < -0.4 is 0 Å². The van der Waals surface area contributed by atoms with Gasteiger partial charge in [-0.2, -0.15) is 0 Å². The van der Waals surface area contributed by atoms with E-state index in [-0.39, 0.29) is 10.1 Å². The first-order chi connectivity index (χ1) is 7.71. The molecule has 0 radical (unpaired) electrons. The Kier molecular flexibility index (Phi) is 7.16. The number of methoxy groups -OCH3 is 2. The molecular weight excluding hydrogens is 358 g/mol. The second kappa shape index (κ2) is 7.26. The van der Waals surface area contributed by atoms with Gasteiger partial charge in [-0.05, 0) is 28.1 Å². The summed E-state index contributed by atoms with van der Waals surface area (Å²) in [5.41, 5.74) is -0.0928. The van der Waals surface area contributed by atoms with Gasteiger partial charge in [0.05, 0.1) is 19.8 Å². The summed E-state index contributed by atoms with van der Waals surface area (Å²) in [5, 5.41) is 0. The molecule has 0 saturated heterocycles. The molecule has 0 aromatic carbocycles. The van der Waals surface area contributed by atoms with Crippen molar-refractivity contribution in [1.29, 1.82) is 0 Å². The van der Waals surface area contributed by atoms with E-state index in [0.717, 1.165) is 19.3 Å². The fourth-order valence-electron chi connectivity index (χ4n) is 0.747. The lowest BCUT2D eigenvalue weighted by molar-refractivity contribution is -0.135. The molecule has 0 amide bonds. The molecule has 0 fully saturated rings. The van der Waals surface area contributed by atoms with Gasteiger partial charge in [0, 0.05) is 0 Å². The Morgan fingerprint density at radius 1 is 1.12 bits per heavy atom. The van der Waals surface area contributed by atoms with Crippen LogP contribution in [0.5, 0.6) is 0 Å². The van der Waals surface area contributed by atoms with E-state index in [0.29, 0.717) is 0 Å². The fraction of sp³-hybridized carbons (Fsp3) is 0.333. The summed E-state index contributed by atoms with van der Waals surface area (Å²) in [5.74, 6) is -1.43. The van der Waals surface area contributed by atoms with Crippen LogP contribution in [0.25, 0.3) is 0 Å². The molecule has 0 N–H and O–H groups in total. The molecule has 0 atom stereocenters. The molecule has 0 aliphatic carbocycles. The van der Waals surface area contributed by atoms with Crippen molar-refractivity contribution < 1.29 is 19.1 Å². The molecular formula is C9H8BrCl3O4. The van der Waals surface area contributed by atoms with Gasteiger partial charge in [-0.1, -0.05) is 34.8 Å². The number of allylic oxidation sites excluding steroid dienone is 1. The Labute approximate surface area is 122 Å². The molecule has 0 aliphatic rings. The molecule has 0 saturated carbocycles. The number of carbonyl (C=O) groups is 2. The number of alkyl halides is 3. The Balaban J connectivity index is 5.31. The van der Waals surface area contributed by atoms with E-state index >= 15 is 0 Å². The van der Waals surface area contributed by atoms with Gasteiger partial charge >= 0.3 is 11.9 Å². The van der Waals surface area contributed by atoms with Crippen LogP contribution in [0.2, 0.25) is 0 Å². The highest BCUT2D eigenvalue weighted by molar-refractivity contribution is 9.12. The van der Waals surface area contributed by atoms with Crippen molar-refractivity contribution in [3.63, 3.8) is 0 Å². The quantitative estimate of drug-likeness (QED) is 0.334. The van der Waals surface area contributed by atoms with E-state index in [1.54, 1.807) is 0 Å². The molecule has 0 rings (SSSR count). The molecule has 0 heterocycles. The zero-order valence-electron chi connectivity index (χ0n) is 8.80. The number of hydrogen-bond acceptors (Lipinski definition) is 4. The highest BCUT2D eigenvalue weighted by atomic mass is 79.9. The monoisotopic (exact) mass is 364 g/mol. The Morgan fingerprint density at radius 2 is 1.59 bits per heavy atom. The van der Waals surface area contributed by atoms with Crippen LogP contribution in [0, 0.1) is 0 Å². The van der Waals surface area contributed by atoms with Crippen LogP contribution in [0.4, 0.5) is 0 Å². The van der Waals surface area contributed by atoms with Crippen LogP contribution in [-0.2, 0) is 19.1 Å². The summed E-state index contributed by atoms with van der Waals surface area (Å²) in [4.78, 5) is 22.5. The van der Waals surface area contributed by atoms with Gasteiger partial charge in [0.2, 0.25) is 3.79 Å². The van der Waals surface area contributed by atoms with Gasteiger partial charge in [0.15, 0.2) is 0 Å². The van der Waals surface area contributed by atoms with Gasteiger partial charge in [0.1, 0.15) is 4.48 Å². The third kappa shape index (κ3) is 6.93. The molecule has 17 heavy (non-hydrogen) atoms. The molecule has 96 valence electrons. The third-order valence-corrected chi connectivity index (χ3v) is 2.28. The Bertz CT molecular complexity index is 371. The predicted octanol–water partition coefficient (Wildman–Crippen LogP) is 2.91. The summed E-state index contributed by atoms with van der Waals surface area (Å²) >= 11 is 19.5. The molecule has 0 bridgehead atoms. The smallest absolute Gasteiger partial charge is 0.344 e. The van der Waals surface area contributed by atoms with E-state index in [9.17, 15) is 9.59 Å². The molecule has 4 nitrogen and oxygen atoms in total. The average Bonchev–Trinajstić information content (AvgIpc) is 2.23. The highest BCUT2D eigenvalue weighted by Gasteiger charge is 2.21. The first-order valence-electron chi connectivity index (χ1n) is 4.04. The lowest BCUT2D eigenvalue weighted by atomic mass is 10.2. The Morgan fingerprint density at radius 3 is 1.94 bits per heavy atom. The predicted molar refractivity (Wildman–Crippen MR) is 69.4 cm³/mol. The van der Waals surface area contributed by atoms with E-state index in [1.165, 1.54) is 7.11 Å². The first kappa shape index (κ1) is 16.8. The second-order valence-electron chi connectivity index (χ2n) is 2.62. The molecule has 8 heteroatoms. The number of esters is 2. The van der Waals surface area contributed by atoms with Crippen LogP contribution in [0.3, 0.4) is 0 Å². The molecule has 0 spiro atoms.